The van der Waals surface area contributed by atoms with E-state index in [-0.39, 0.29) is 28.0 Å². The normalized spacial score (nSPS) is 11.3. The molecule has 0 aromatic heterocycles. The van der Waals surface area contributed by atoms with E-state index >= 15 is 0 Å². The minimum atomic E-state index is -3.44. The predicted octanol–water partition coefficient (Wildman–Crippen LogP) is 3.36. The van der Waals surface area contributed by atoms with Crippen molar-refractivity contribution in [3.8, 4) is 0 Å². The highest BCUT2D eigenvalue weighted by atomic mass is 35.5. The van der Waals surface area contributed by atoms with Gasteiger partial charge in [0.15, 0.2) is 9.84 Å². The largest absolute Gasteiger partial charge is 0.384 e. The summed E-state index contributed by atoms with van der Waals surface area (Å²) in [5, 5.41) is 3.15. The van der Waals surface area contributed by atoms with E-state index in [2.05, 4.69) is 5.32 Å². The Labute approximate surface area is 122 Å². The minimum Gasteiger partial charge on any atom is -0.384 e. The van der Waals surface area contributed by atoms with Gasteiger partial charge in [-0.05, 0) is 36.4 Å². The Morgan fingerprint density at radius 3 is 2.35 bits per heavy atom. The molecule has 2 rings (SSSR count). The molecule has 0 fully saturated rings. The van der Waals surface area contributed by atoms with Crippen LogP contribution in [0.15, 0.2) is 53.4 Å². The highest BCUT2D eigenvalue weighted by Gasteiger charge is 2.16. The molecule has 20 heavy (non-hydrogen) atoms. The molecular formula is C14H13ClFNO2S. The summed E-state index contributed by atoms with van der Waals surface area (Å²) >= 11 is 5.88. The zero-order chi connectivity index (χ0) is 14.6. The molecule has 0 amide bonds. The molecule has 2 aromatic carbocycles. The van der Waals surface area contributed by atoms with Crippen LogP contribution in [-0.4, -0.2) is 20.7 Å². The van der Waals surface area contributed by atoms with Gasteiger partial charge in [-0.25, -0.2) is 12.8 Å². The number of nitrogens with one attached hydrogen (secondary N) is 1. The molecule has 0 heterocycles. The van der Waals surface area contributed by atoms with Gasteiger partial charge in [0, 0.05) is 12.2 Å². The Bertz CT molecular complexity index is 687. The number of rotatable bonds is 5. The van der Waals surface area contributed by atoms with Crippen LogP contribution in [0.2, 0.25) is 5.02 Å². The molecular weight excluding hydrogens is 301 g/mol. The lowest BCUT2D eigenvalue weighted by molar-refractivity contribution is 0.596. The first kappa shape index (κ1) is 14.8. The van der Waals surface area contributed by atoms with Gasteiger partial charge in [0.05, 0.1) is 15.7 Å². The van der Waals surface area contributed by atoms with Crippen LogP contribution in [0.4, 0.5) is 10.1 Å². The smallest absolute Gasteiger partial charge is 0.181 e. The Morgan fingerprint density at radius 2 is 1.70 bits per heavy atom. The lowest BCUT2D eigenvalue weighted by atomic mass is 10.3. The second kappa shape index (κ2) is 6.24. The maximum atomic E-state index is 12.7. The van der Waals surface area contributed by atoms with Gasteiger partial charge in [0.25, 0.3) is 0 Å². The monoisotopic (exact) mass is 313 g/mol. The van der Waals surface area contributed by atoms with Crippen molar-refractivity contribution in [2.45, 2.75) is 4.90 Å². The van der Waals surface area contributed by atoms with Crippen LogP contribution in [0.5, 0.6) is 0 Å². The molecule has 0 saturated carbocycles. The van der Waals surface area contributed by atoms with Gasteiger partial charge in [-0.2, -0.15) is 0 Å². The molecule has 0 aliphatic carbocycles. The first-order chi connectivity index (χ1) is 9.49. The van der Waals surface area contributed by atoms with Gasteiger partial charge in [-0.15, -0.1) is 0 Å². The zero-order valence-corrected chi connectivity index (χ0v) is 12.1. The molecule has 0 atom stereocenters. The van der Waals surface area contributed by atoms with E-state index in [1.807, 2.05) is 0 Å². The third-order valence-corrected chi connectivity index (χ3v) is 4.93. The molecule has 0 aliphatic heterocycles. The molecule has 6 heteroatoms. The second-order valence-corrected chi connectivity index (χ2v) is 6.67. The number of sulfone groups is 1. The molecule has 0 saturated heterocycles. The van der Waals surface area contributed by atoms with Gasteiger partial charge in [0.1, 0.15) is 5.82 Å². The Balaban J connectivity index is 2.00. The summed E-state index contributed by atoms with van der Waals surface area (Å²) in [7, 11) is -3.44. The summed E-state index contributed by atoms with van der Waals surface area (Å²) in [4.78, 5) is 0.127. The molecule has 0 unspecified atom stereocenters. The van der Waals surface area contributed by atoms with Crippen molar-refractivity contribution in [3.05, 3.63) is 59.4 Å². The van der Waals surface area contributed by atoms with Gasteiger partial charge in [-0.3, -0.25) is 0 Å². The molecule has 0 radical (unpaired) electrons. The second-order valence-electron chi connectivity index (χ2n) is 4.18. The van der Waals surface area contributed by atoms with Crippen molar-refractivity contribution in [2.75, 3.05) is 17.6 Å². The van der Waals surface area contributed by atoms with Crippen LogP contribution in [0.3, 0.4) is 0 Å². The van der Waals surface area contributed by atoms with Gasteiger partial charge in [-0.1, -0.05) is 23.7 Å². The van der Waals surface area contributed by atoms with Crippen LogP contribution in [-0.2, 0) is 9.84 Å². The molecule has 3 nitrogen and oxygen atoms in total. The topological polar surface area (TPSA) is 46.2 Å². The summed E-state index contributed by atoms with van der Waals surface area (Å²) < 4.78 is 37.0. The van der Waals surface area contributed by atoms with Crippen molar-refractivity contribution in [1.82, 2.24) is 0 Å². The highest BCUT2D eigenvalue weighted by Crippen LogP contribution is 2.21. The Kier molecular flexibility index (Phi) is 4.62. The first-order valence-electron chi connectivity index (χ1n) is 5.96. The number of halogens is 2. The fourth-order valence-corrected chi connectivity index (χ4v) is 3.43. The number of anilines is 1. The Morgan fingerprint density at radius 1 is 1.05 bits per heavy atom. The molecule has 0 spiro atoms. The zero-order valence-electron chi connectivity index (χ0n) is 10.5. The lowest BCUT2D eigenvalue weighted by Gasteiger charge is -2.08. The van der Waals surface area contributed by atoms with E-state index < -0.39 is 9.84 Å². The van der Waals surface area contributed by atoms with Crippen LogP contribution >= 0.6 is 11.6 Å². The fraction of sp³-hybridized carbons (Fsp3) is 0.143. The van der Waals surface area contributed by atoms with Crippen LogP contribution < -0.4 is 5.32 Å². The minimum absolute atomic E-state index is 0.0892. The van der Waals surface area contributed by atoms with Gasteiger partial charge >= 0.3 is 0 Å². The van der Waals surface area contributed by atoms with E-state index in [9.17, 15) is 12.8 Å². The Hall–Kier alpha value is -1.59. The van der Waals surface area contributed by atoms with Crippen molar-refractivity contribution < 1.29 is 12.8 Å². The van der Waals surface area contributed by atoms with E-state index in [0.29, 0.717) is 5.69 Å². The fourth-order valence-electron chi connectivity index (χ4n) is 1.70. The number of hydrogen-bond donors (Lipinski definition) is 1. The van der Waals surface area contributed by atoms with E-state index in [0.717, 1.165) is 0 Å². The van der Waals surface area contributed by atoms with Gasteiger partial charge in [0.2, 0.25) is 0 Å². The number of hydrogen-bond acceptors (Lipinski definition) is 3. The average molecular weight is 314 g/mol. The lowest BCUT2D eigenvalue weighted by Crippen LogP contribution is -2.16. The molecule has 106 valence electrons. The third-order valence-electron chi connectivity index (χ3n) is 2.72. The first-order valence-corrected chi connectivity index (χ1v) is 7.99. The molecule has 2 aromatic rings. The summed E-state index contributed by atoms with van der Waals surface area (Å²) in [6.07, 6.45) is 0. The quantitative estimate of drug-likeness (QED) is 0.920. The van der Waals surface area contributed by atoms with E-state index in [1.54, 1.807) is 30.3 Å². The van der Waals surface area contributed by atoms with E-state index in [4.69, 9.17) is 11.6 Å². The maximum absolute atomic E-state index is 12.7. The van der Waals surface area contributed by atoms with Crippen molar-refractivity contribution >= 4 is 27.1 Å². The number of benzene rings is 2. The van der Waals surface area contributed by atoms with Crippen molar-refractivity contribution in [2.24, 2.45) is 0 Å². The summed E-state index contributed by atoms with van der Waals surface area (Å²) in [5.74, 6) is -0.423. The average Bonchev–Trinajstić information content (AvgIpc) is 2.41. The SMILES string of the molecule is O=S(=O)(CCNc1ccc(F)cc1)c1ccccc1Cl. The van der Waals surface area contributed by atoms with E-state index in [1.165, 1.54) is 18.2 Å². The summed E-state index contributed by atoms with van der Waals surface area (Å²) in [5.41, 5.74) is 0.667. The highest BCUT2D eigenvalue weighted by molar-refractivity contribution is 7.91. The summed E-state index contributed by atoms with van der Waals surface area (Å²) in [6, 6.07) is 12.1. The van der Waals surface area contributed by atoms with Crippen LogP contribution in [0, 0.1) is 5.82 Å². The van der Waals surface area contributed by atoms with Gasteiger partial charge < -0.3 is 5.32 Å². The third kappa shape index (κ3) is 3.71. The van der Waals surface area contributed by atoms with Crippen LogP contribution in [0.1, 0.15) is 0 Å². The molecule has 0 bridgehead atoms. The van der Waals surface area contributed by atoms with Crippen molar-refractivity contribution in [3.63, 3.8) is 0 Å². The predicted molar refractivity (Wildman–Crippen MR) is 78.4 cm³/mol. The summed E-state index contributed by atoms with van der Waals surface area (Å²) in [6.45, 7) is 0.221. The van der Waals surface area contributed by atoms with Crippen LogP contribution in [0.25, 0.3) is 0 Å². The molecule has 1 N–H and O–H groups in total. The standard InChI is InChI=1S/C14H13ClFNO2S/c15-13-3-1-2-4-14(13)20(18,19)10-9-17-12-7-5-11(16)6-8-12/h1-8,17H,9-10H2. The molecule has 0 aliphatic rings. The maximum Gasteiger partial charge on any atom is 0.181 e. The van der Waals surface area contributed by atoms with Crippen molar-refractivity contribution in [1.29, 1.82) is 0 Å².